The fourth-order valence-corrected chi connectivity index (χ4v) is 6.79. The van der Waals surface area contributed by atoms with E-state index in [1.165, 1.54) is 0 Å². The van der Waals surface area contributed by atoms with Gasteiger partial charge in [-0.05, 0) is 37.5 Å². The Balaban J connectivity index is 1.53. The van der Waals surface area contributed by atoms with Crippen LogP contribution in [0.2, 0.25) is 0 Å². The topological polar surface area (TPSA) is 96.5 Å². The van der Waals surface area contributed by atoms with Crippen LogP contribution in [-0.4, -0.2) is 62.5 Å². The van der Waals surface area contributed by atoms with Gasteiger partial charge < -0.3 is 10.1 Å². The maximum atomic E-state index is 14.5. The van der Waals surface area contributed by atoms with Crippen LogP contribution in [0.4, 0.5) is 4.39 Å². The average Bonchev–Trinajstić information content (AvgIpc) is 3.17. The van der Waals surface area contributed by atoms with Crippen molar-refractivity contribution in [3.63, 3.8) is 0 Å². The highest BCUT2D eigenvalue weighted by Gasteiger charge is 2.44. The number of halogens is 2. The van der Waals surface area contributed by atoms with Crippen molar-refractivity contribution in [1.82, 2.24) is 15.6 Å². The Labute approximate surface area is 168 Å². The first-order valence-electron chi connectivity index (χ1n) is 9.32. The van der Waals surface area contributed by atoms with E-state index in [9.17, 15) is 17.6 Å². The van der Waals surface area contributed by atoms with E-state index >= 15 is 0 Å². The van der Waals surface area contributed by atoms with Crippen LogP contribution in [0.15, 0.2) is 0 Å². The number of ether oxygens (including phenoxy) is 1. The molecule has 3 rings (SSSR count). The molecule has 1 saturated carbocycles. The van der Waals surface area contributed by atoms with Gasteiger partial charge in [-0.15, -0.1) is 28.2 Å². The minimum atomic E-state index is -3.68. The van der Waals surface area contributed by atoms with Gasteiger partial charge >= 0.3 is 0 Å². The average molecular weight is 444 g/mol. The van der Waals surface area contributed by atoms with Crippen molar-refractivity contribution < 1.29 is 22.3 Å². The fourth-order valence-electron chi connectivity index (χ4n) is 4.00. The first kappa shape index (κ1) is 21.6. The van der Waals surface area contributed by atoms with Gasteiger partial charge in [0, 0.05) is 30.9 Å². The molecule has 0 spiro atoms. The van der Waals surface area contributed by atoms with Crippen molar-refractivity contribution in [3.05, 3.63) is 0 Å². The molecule has 2 heterocycles. The number of hydrogen-bond donors (Lipinski definition) is 3. The molecule has 5 unspecified atom stereocenters. The molecular formula is C16H27ClFN3O4S2. The zero-order valence-electron chi connectivity index (χ0n) is 15.0. The molecule has 0 aromatic rings. The summed E-state index contributed by atoms with van der Waals surface area (Å²) in [7, 11) is -3.68. The van der Waals surface area contributed by atoms with Gasteiger partial charge in [0.05, 0.1) is 17.0 Å². The third-order valence-corrected chi connectivity index (χ3v) is 8.30. The molecule has 0 bridgehead atoms. The number of hydrogen-bond acceptors (Lipinski definition) is 6. The quantitative estimate of drug-likeness (QED) is 0.418. The van der Waals surface area contributed by atoms with E-state index in [4.69, 9.17) is 16.3 Å². The lowest BCUT2D eigenvalue weighted by atomic mass is 9.76. The number of carbonyl (C=O) groups excluding carboxylic acids is 1. The third-order valence-electron chi connectivity index (χ3n) is 5.59. The molecule has 5 atom stereocenters. The van der Waals surface area contributed by atoms with E-state index in [1.54, 1.807) is 11.8 Å². The first-order chi connectivity index (χ1) is 12.9. The maximum absolute atomic E-state index is 14.5. The van der Waals surface area contributed by atoms with Crippen LogP contribution in [0.3, 0.4) is 0 Å². The normalized spacial score (nSPS) is 35.9. The van der Waals surface area contributed by atoms with Crippen LogP contribution >= 0.6 is 23.4 Å². The van der Waals surface area contributed by atoms with Crippen LogP contribution in [0.5, 0.6) is 0 Å². The van der Waals surface area contributed by atoms with Gasteiger partial charge in [-0.1, -0.05) is 0 Å². The molecule has 11 heteroatoms. The van der Waals surface area contributed by atoms with Crippen LogP contribution in [0.25, 0.3) is 0 Å². The van der Waals surface area contributed by atoms with Crippen molar-refractivity contribution in [3.8, 4) is 0 Å². The van der Waals surface area contributed by atoms with Crippen LogP contribution in [0.1, 0.15) is 25.7 Å². The molecule has 3 N–H and O–H groups in total. The number of carbonyl (C=O) groups is 1. The Morgan fingerprint density at radius 2 is 2.04 bits per heavy atom. The highest BCUT2D eigenvalue weighted by atomic mass is 35.5. The second-order valence-corrected chi connectivity index (χ2v) is 10.9. The maximum Gasteiger partial charge on any atom is 0.241 e. The first-order valence-corrected chi connectivity index (χ1v) is 12.6. The second kappa shape index (κ2) is 9.58. The summed E-state index contributed by atoms with van der Waals surface area (Å²) < 4.78 is 44.2. The van der Waals surface area contributed by atoms with E-state index in [0.29, 0.717) is 38.9 Å². The van der Waals surface area contributed by atoms with Crippen molar-refractivity contribution in [2.24, 2.45) is 17.8 Å². The van der Waals surface area contributed by atoms with Crippen LogP contribution in [0, 0.1) is 17.8 Å². The molecule has 3 fully saturated rings. The SMILES string of the molecule is O=C(NNS(=O)(=O)CC1CCOCC1)C1CC(C2CSCN2)CC(Cl)C1F. The van der Waals surface area contributed by atoms with Gasteiger partial charge in [-0.3, -0.25) is 10.2 Å². The van der Waals surface area contributed by atoms with E-state index < -0.39 is 33.4 Å². The Bertz CT molecular complexity index is 615. The molecule has 156 valence electrons. The summed E-state index contributed by atoms with van der Waals surface area (Å²) in [6.07, 6.45) is 0.728. The number of sulfonamides is 1. The number of nitrogens with one attached hydrogen (secondary N) is 3. The van der Waals surface area contributed by atoms with Crippen molar-refractivity contribution in [2.75, 3.05) is 30.6 Å². The Morgan fingerprint density at radius 3 is 2.70 bits per heavy atom. The lowest BCUT2D eigenvalue weighted by molar-refractivity contribution is -0.129. The highest BCUT2D eigenvalue weighted by molar-refractivity contribution is 7.99. The minimum Gasteiger partial charge on any atom is -0.381 e. The summed E-state index contributed by atoms with van der Waals surface area (Å²) in [6, 6.07) is 0.212. The minimum absolute atomic E-state index is 0.000648. The number of amides is 1. The van der Waals surface area contributed by atoms with E-state index in [-0.39, 0.29) is 23.6 Å². The largest absolute Gasteiger partial charge is 0.381 e. The third kappa shape index (κ3) is 5.93. The molecule has 1 amide bonds. The lowest BCUT2D eigenvalue weighted by Gasteiger charge is -2.37. The summed E-state index contributed by atoms with van der Waals surface area (Å²) in [4.78, 5) is 14.6. The Kier molecular flexibility index (Phi) is 7.65. The van der Waals surface area contributed by atoms with Crippen molar-refractivity contribution >= 4 is 39.3 Å². The highest BCUT2D eigenvalue weighted by Crippen LogP contribution is 2.38. The van der Waals surface area contributed by atoms with Gasteiger partial charge in [0.15, 0.2) is 0 Å². The standard InChI is InChI=1S/C16H27ClFN3O4S2/c17-13-6-11(14-7-26-9-19-14)5-12(15(13)18)16(22)20-21-27(23,24)8-10-1-3-25-4-2-10/h10-15,19,21H,1-9H2,(H,20,22). The molecule has 0 aromatic carbocycles. The smallest absolute Gasteiger partial charge is 0.241 e. The predicted octanol–water partition coefficient (Wildman–Crippen LogP) is 0.998. The molecule has 0 radical (unpaired) electrons. The summed E-state index contributed by atoms with van der Waals surface area (Å²) in [5, 5.41) is 2.61. The van der Waals surface area contributed by atoms with Crippen LogP contribution in [-0.2, 0) is 19.6 Å². The van der Waals surface area contributed by atoms with E-state index in [0.717, 1.165) is 11.6 Å². The van der Waals surface area contributed by atoms with Crippen molar-refractivity contribution in [2.45, 2.75) is 43.3 Å². The van der Waals surface area contributed by atoms with Crippen LogP contribution < -0.4 is 15.6 Å². The van der Waals surface area contributed by atoms with E-state index in [1.807, 2.05) is 0 Å². The molecule has 7 nitrogen and oxygen atoms in total. The number of rotatable bonds is 6. The summed E-state index contributed by atoms with van der Waals surface area (Å²) in [6.45, 7) is 1.09. The molecule has 2 saturated heterocycles. The number of alkyl halides is 2. The predicted molar refractivity (Wildman–Crippen MR) is 104 cm³/mol. The van der Waals surface area contributed by atoms with Crippen molar-refractivity contribution in [1.29, 1.82) is 0 Å². The molecule has 0 aromatic heterocycles. The zero-order valence-corrected chi connectivity index (χ0v) is 17.4. The monoisotopic (exact) mass is 443 g/mol. The van der Waals surface area contributed by atoms with E-state index in [2.05, 4.69) is 15.6 Å². The molecule has 2 aliphatic heterocycles. The summed E-state index contributed by atoms with van der Waals surface area (Å²) >= 11 is 7.93. The van der Waals surface area contributed by atoms with Gasteiger partial charge in [0.25, 0.3) is 0 Å². The van der Waals surface area contributed by atoms with Gasteiger partial charge in [0.2, 0.25) is 15.9 Å². The molecule has 1 aliphatic carbocycles. The van der Waals surface area contributed by atoms with Gasteiger partial charge in [0.1, 0.15) is 6.17 Å². The fraction of sp³-hybridized carbons (Fsp3) is 0.938. The molecule has 3 aliphatic rings. The second-order valence-electron chi connectivity index (χ2n) is 7.55. The number of thioether (sulfide) groups is 1. The number of hydrazine groups is 1. The Hall–Kier alpha value is -0.130. The lowest BCUT2D eigenvalue weighted by Crippen LogP contribution is -2.52. The van der Waals surface area contributed by atoms with Gasteiger partial charge in [-0.25, -0.2) is 12.8 Å². The zero-order chi connectivity index (χ0) is 19.4. The molecule has 27 heavy (non-hydrogen) atoms. The Morgan fingerprint density at radius 1 is 1.30 bits per heavy atom. The molecular weight excluding hydrogens is 417 g/mol. The summed E-state index contributed by atoms with van der Waals surface area (Å²) in [5.41, 5.74) is 2.21. The summed E-state index contributed by atoms with van der Waals surface area (Å²) in [5.74, 6) is 0.171. The van der Waals surface area contributed by atoms with Gasteiger partial charge in [-0.2, -0.15) is 0 Å².